The average molecular weight is 194 g/mol. The number of benzene rings is 1. The molecule has 1 aromatic rings. The number of hydrogen-bond donors (Lipinski definition) is 1. The van der Waals surface area contributed by atoms with E-state index in [4.69, 9.17) is 5.11 Å². The Balaban J connectivity index is 2.32. The van der Waals surface area contributed by atoms with Crippen LogP contribution >= 0.6 is 11.8 Å². The van der Waals surface area contributed by atoms with Crippen molar-refractivity contribution < 1.29 is 9.90 Å². The number of rotatable bonds is 4. The van der Waals surface area contributed by atoms with Crippen LogP contribution in [0.2, 0.25) is 0 Å². The van der Waals surface area contributed by atoms with Gasteiger partial charge in [-0.25, -0.2) is 4.79 Å². The summed E-state index contributed by atoms with van der Waals surface area (Å²) in [6.07, 6.45) is 1.15. The highest BCUT2D eigenvalue weighted by Crippen LogP contribution is 2.12. The molecule has 68 valence electrons. The molecular weight excluding hydrogens is 184 g/mol. The number of carboxylic acids is 1. The van der Waals surface area contributed by atoms with Gasteiger partial charge in [-0.1, -0.05) is 30.3 Å². The van der Waals surface area contributed by atoms with Gasteiger partial charge >= 0.3 is 5.97 Å². The summed E-state index contributed by atoms with van der Waals surface area (Å²) in [6, 6.07) is 9.93. The minimum atomic E-state index is -0.902. The molecule has 3 heteroatoms. The zero-order valence-electron chi connectivity index (χ0n) is 7.01. The second kappa shape index (κ2) is 5.43. The van der Waals surface area contributed by atoms with Crippen molar-refractivity contribution in [2.75, 3.05) is 0 Å². The number of hydrogen-bond acceptors (Lipinski definition) is 2. The van der Waals surface area contributed by atoms with Gasteiger partial charge in [0.2, 0.25) is 0 Å². The van der Waals surface area contributed by atoms with E-state index < -0.39 is 5.97 Å². The zero-order chi connectivity index (χ0) is 9.52. The fourth-order valence-electron chi connectivity index (χ4n) is 0.825. The zero-order valence-corrected chi connectivity index (χ0v) is 7.83. The SMILES string of the molecule is O=C(O)/C=C\SCc1ccccc1. The molecule has 0 spiro atoms. The van der Waals surface area contributed by atoms with Gasteiger partial charge in [0, 0.05) is 11.8 Å². The standard InChI is InChI=1S/C10H10O2S/c11-10(12)6-7-13-8-9-4-2-1-3-5-9/h1-7H,8H2,(H,11,12)/b7-6-. The molecule has 1 N–H and O–H groups in total. The lowest BCUT2D eigenvalue weighted by molar-refractivity contribution is -0.131. The van der Waals surface area contributed by atoms with E-state index in [1.165, 1.54) is 17.3 Å². The van der Waals surface area contributed by atoms with Crippen LogP contribution in [0, 0.1) is 0 Å². The van der Waals surface area contributed by atoms with Gasteiger partial charge in [0.25, 0.3) is 0 Å². The first kappa shape index (κ1) is 9.86. The molecule has 1 rings (SSSR count). The number of aliphatic carboxylic acids is 1. The molecular formula is C10H10O2S. The lowest BCUT2D eigenvalue weighted by Gasteiger charge is -1.95. The van der Waals surface area contributed by atoms with Crippen molar-refractivity contribution in [1.29, 1.82) is 0 Å². The third-order valence-corrected chi connectivity index (χ3v) is 2.23. The van der Waals surface area contributed by atoms with Crippen molar-refractivity contribution >= 4 is 17.7 Å². The van der Waals surface area contributed by atoms with E-state index in [0.717, 1.165) is 11.8 Å². The first-order valence-electron chi connectivity index (χ1n) is 3.84. The Morgan fingerprint density at radius 3 is 2.69 bits per heavy atom. The fourth-order valence-corrected chi connectivity index (χ4v) is 1.52. The number of carboxylic acid groups (broad SMARTS) is 1. The molecule has 0 saturated heterocycles. The molecule has 0 bridgehead atoms. The third-order valence-electron chi connectivity index (χ3n) is 1.40. The molecule has 0 aromatic heterocycles. The predicted octanol–water partition coefficient (Wildman–Crippen LogP) is 2.52. The largest absolute Gasteiger partial charge is 0.478 e. The van der Waals surface area contributed by atoms with Crippen molar-refractivity contribution in [2.24, 2.45) is 0 Å². The van der Waals surface area contributed by atoms with E-state index in [1.54, 1.807) is 5.41 Å². The summed E-state index contributed by atoms with van der Waals surface area (Å²) in [5.41, 5.74) is 1.20. The minimum Gasteiger partial charge on any atom is -0.478 e. The van der Waals surface area contributed by atoms with Crippen LogP contribution in [-0.2, 0) is 10.5 Å². The van der Waals surface area contributed by atoms with Crippen molar-refractivity contribution in [1.82, 2.24) is 0 Å². The van der Waals surface area contributed by atoms with Gasteiger partial charge in [-0.2, -0.15) is 0 Å². The summed E-state index contributed by atoms with van der Waals surface area (Å²) in [7, 11) is 0. The number of thioether (sulfide) groups is 1. The Morgan fingerprint density at radius 1 is 1.38 bits per heavy atom. The molecule has 0 fully saturated rings. The summed E-state index contributed by atoms with van der Waals surface area (Å²) in [4.78, 5) is 10.1. The van der Waals surface area contributed by atoms with Crippen LogP contribution in [0.5, 0.6) is 0 Å². The second-order valence-electron chi connectivity index (χ2n) is 2.44. The summed E-state index contributed by atoms with van der Waals surface area (Å²) >= 11 is 1.47. The van der Waals surface area contributed by atoms with E-state index in [-0.39, 0.29) is 0 Å². The first-order chi connectivity index (χ1) is 6.29. The van der Waals surface area contributed by atoms with E-state index in [9.17, 15) is 4.79 Å². The Morgan fingerprint density at radius 2 is 2.08 bits per heavy atom. The van der Waals surface area contributed by atoms with Crippen LogP contribution in [0.3, 0.4) is 0 Å². The lowest BCUT2D eigenvalue weighted by Crippen LogP contribution is -1.84. The highest BCUT2D eigenvalue weighted by atomic mass is 32.2. The summed E-state index contributed by atoms with van der Waals surface area (Å²) in [6.45, 7) is 0. The van der Waals surface area contributed by atoms with Crippen LogP contribution < -0.4 is 0 Å². The monoisotopic (exact) mass is 194 g/mol. The average Bonchev–Trinajstić information content (AvgIpc) is 2.14. The van der Waals surface area contributed by atoms with Gasteiger partial charge in [-0.3, -0.25) is 0 Å². The molecule has 0 aliphatic heterocycles. The molecule has 0 amide bonds. The van der Waals surface area contributed by atoms with E-state index in [2.05, 4.69) is 0 Å². The van der Waals surface area contributed by atoms with Crippen LogP contribution in [0.15, 0.2) is 41.8 Å². The molecule has 0 aliphatic rings. The quantitative estimate of drug-likeness (QED) is 0.748. The van der Waals surface area contributed by atoms with E-state index in [0.29, 0.717) is 0 Å². The van der Waals surface area contributed by atoms with Gasteiger partial charge in [-0.05, 0) is 11.0 Å². The molecule has 0 radical (unpaired) electrons. The maximum atomic E-state index is 10.1. The van der Waals surface area contributed by atoms with E-state index >= 15 is 0 Å². The highest BCUT2D eigenvalue weighted by molar-refractivity contribution is 8.01. The smallest absolute Gasteiger partial charge is 0.328 e. The van der Waals surface area contributed by atoms with Crippen LogP contribution in [0.1, 0.15) is 5.56 Å². The third kappa shape index (κ3) is 4.38. The first-order valence-corrected chi connectivity index (χ1v) is 4.89. The number of carbonyl (C=O) groups is 1. The Labute approximate surface area is 81.3 Å². The second-order valence-corrected chi connectivity index (χ2v) is 3.33. The summed E-state index contributed by atoms with van der Waals surface area (Å²) in [5, 5.41) is 9.90. The van der Waals surface area contributed by atoms with Crippen molar-refractivity contribution in [2.45, 2.75) is 5.75 Å². The van der Waals surface area contributed by atoms with Gasteiger partial charge in [0.05, 0.1) is 0 Å². The molecule has 0 saturated carbocycles. The molecule has 0 unspecified atom stereocenters. The van der Waals surface area contributed by atoms with Crippen LogP contribution in [0.25, 0.3) is 0 Å². The topological polar surface area (TPSA) is 37.3 Å². The summed E-state index contributed by atoms with van der Waals surface area (Å²) in [5.74, 6) is -0.0921. The van der Waals surface area contributed by atoms with Crippen LogP contribution in [-0.4, -0.2) is 11.1 Å². The minimum absolute atomic E-state index is 0.810. The van der Waals surface area contributed by atoms with Gasteiger partial charge in [0.1, 0.15) is 0 Å². The van der Waals surface area contributed by atoms with Gasteiger partial charge in [-0.15, -0.1) is 11.8 Å². The van der Waals surface area contributed by atoms with Gasteiger partial charge in [0.15, 0.2) is 0 Å². The Bertz CT molecular complexity index is 293. The highest BCUT2D eigenvalue weighted by Gasteiger charge is 1.89. The Kier molecular flexibility index (Phi) is 4.12. The molecule has 0 heterocycles. The van der Waals surface area contributed by atoms with Crippen molar-refractivity contribution in [3.05, 3.63) is 47.4 Å². The molecule has 0 atom stereocenters. The fraction of sp³-hybridized carbons (Fsp3) is 0.100. The maximum Gasteiger partial charge on any atom is 0.328 e. The van der Waals surface area contributed by atoms with Crippen molar-refractivity contribution in [3.8, 4) is 0 Å². The normalized spacial score (nSPS) is 10.5. The maximum absolute atomic E-state index is 10.1. The van der Waals surface area contributed by atoms with Gasteiger partial charge < -0.3 is 5.11 Å². The van der Waals surface area contributed by atoms with E-state index in [1.807, 2.05) is 30.3 Å². The predicted molar refractivity (Wildman–Crippen MR) is 54.5 cm³/mol. The molecule has 0 aliphatic carbocycles. The lowest BCUT2D eigenvalue weighted by atomic mass is 10.2. The molecule has 2 nitrogen and oxygen atoms in total. The molecule has 13 heavy (non-hydrogen) atoms. The van der Waals surface area contributed by atoms with Crippen LogP contribution in [0.4, 0.5) is 0 Å². The Hall–Kier alpha value is -1.22. The molecule has 1 aromatic carbocycles. The summed E-state index contributed by atoms with van der Waals surface area (Å²) < 4.78 is 0. The van der Waals surface area contributed by atoms with Crippen molar-refractivity contribution in [3.63, 3.8) is 0 Å².